The van der Waals surface area contributed by atoms with Crippen molar-refractivity contribution in [3.8, 4) is 0 Å². The van der Waals surface area contributed by atoms with E-state index in [0.717, 1.165) is 0 Å². The van der Waals surface area contributed by atoms with E-state index in [1.807, 2.05) is 0 Å². The van der Waals surface area contributed by atoms with Crippen LogP contribution in [-0.4, -0.2) is 24.8 Å². The minimum atomic E-state index is 0.0316. The van der Waals surface area contributed by atoms with Crippen molar-refractivity contribution in [1.82, 2.24) is 0 Å². The molecule has 10 heavy (non-hydrogen) atoms. The summed E-state index contributed by atoms with van der Waals surface area (Å²) in [5.74, 6) is 4.98. The largest absolute Gasteiger partial charge is 0.323 e. The first-order valence-electron chi connectivity index (χ1n) is 2.89. The van der Waals surface area contributed by atoms with Crippen LogP contribution in [0.1, 0.15) is 13.3 Å². The van der Waals surface area contributed by atoms with E-state index in [2.05, 4.69) is 10.1 Å². The van der Waals surface area contributed by atoms with Crippen LogP contribution < -0.4 is 5.84 Å². The molecular formula is C6H11N3O. The smallest absolute Gasteiger partial charge is 0.135 e. The molecule has 0 amide bonds. The van der Waals surface area contributed by atoms with Crippen LogP contribution in [0.3, 0.4) is 0 Å². The highest BCUT2D eigenvalue weighted by Crippen LogP contribution is 1.83. The third kappa shape index (κ3) is 3.77. The number of ketones is 1. The Bertz CT molecular complexity index is 172. The normalized spacial score (nSPS) is 12.4. The highest BCUT2D eigenvalue weighted by Gasteiger charge is 1.97. The summed E-state index contributed by atoms with van der Waals surface area (Å²) in [6.45, 7) is 1.48. The lowest BCUT2D eigenvalue weighted by atomic mass is 10.2. The first-order chi connectivity index (χ1) is 4.70. The van der Waals surface area contributed by atoms with E-state index in [9.17, 15) is 4.79 Å². The van der Waals surface area contributed by atoms with Gasteiger partial charge in [0.05, 0.1) is 12.1 Å². The van der Waals surface area contributed by atoms with E-state index in [1.54, 1.807) is 7.05 Å². The Morgan fingerprint density at radius 2 is 2.30 bits per heavy atom. The fraction of sp³-hybridized carbons (Fsp3) is 0.500. The van der Waals surface area contributed by atoms with Gasteiger partial charge in [-0.25, -0.2) is 0 Å². The van der Waals surface area contributed by atoms with Gasteiger partial charge in [0.25, 0.3) is 0 Å². The van der Waals surface area contributed by atoms with E-state index >= 15 is 0 Å². The molecule has 56 valence electrons. The molecule has 0 atom stereocenters. The van der Waals surface area contributed by atoms with Gasteiger partial charge in [-0.3, -0.25) is 9.79 Å². The second-order valence-corrected chi connectivity index (χ2v) is 1.89. The van der Waals surface area contributed by atoms with Gasteiger partial charge in [0.1, 0.15) is 5.78 Å². The third-order valence-corrected chi connectivity index (χ3v) is 0.874. The lowest BCUT2D eigenvalue weighted by Gasteiger charge is -1.91. The van der Waals surface area contributed by atoms with Crippen LogP contribution in [0.5, 0.6) is 0 Å². The number of nitrogens with zero attached hydrogens (tertiary/aromatic N) is 2. The number of Topliss-reactive ketones (excluding diaryl/α,β-unsaturated/α-hetero) is 1. The van der Waals surface area contributed by atoms with Crippen molar-refractivity contribution in [2.45, 2.75) is 13.3 Å². The zero-order valence-electron chi connectivity index (χ0n) is 6.16. The average Bonchev–Trinajstić information content (AvgIpc) is 1.86. The summed E-state index contributed by atoms with van der Waals surface area (Å²) < 4.78 is 0. The summed E-state index contributed by atoms with van der Waals surface area (Å²) in [6.07, 6.45) is 1.73. The molecule has 0 aliphatic carbocycles. The summed E-state index contributed by atoms with van der Waals surface area (Å²) in [5.41, 5.74) is 0.509. The molecule has 4 nitrogen and oxygen atoms in total. The second kappa shape index (κ2) is 4.67. The van der Waals surface area contributed by atoms with Crippen LogP contribution >= 0.6 is 0 Å². The summed E-state index contributed by atoms with van der Waals surface area (Å²) >= 11 is 0. The predicted molar refractivity (Wildman–Crippen MR) is 41.3 cm³/mol. The Morgan fingerprint density at radius 3 is 2.60 bits per heavy atom. The number of carbonyl (C=O) groups is 1. The molecule has 0 aromatic rings. The highest BCUT2D eigenvalue weighted by atomic mass is 16.1. The number of carbonyl (C=O) groups excluding carboxylic acids is 1. The minimum Gasteiger partial charge on any atom is -0.323 e. The summed E-state index contributed by atoms with van der Waals surface area (Å²) in [5, 5.41) is 3.36. The number of hydrazone groups is 1. The Morgan fingerprint density at radius 1 is 1.70 bits per heavy atom. The summed E-state index contributed by atoms with van der Waals surface area (Å²) in [4.78, 5) is 14.2. The predicted octanol–water partition coefficient (Wildman–Crippen LogP) is -0.0192. The minimum absolute atomic E-state index is 0.0316. The molecule has 0 spiro atoms. The molecule has 0 bridgehead atoms. The number of aliphatic imine (C=N–C) groups is 1. The van der Waals surface area contributed by atoms with Crippen LogP contribution in [0.15, 0.2) is 10.1 Å². The third-order valence-electron chi connectivity index (χ3n) is 0.874. The average molecular weight is 141 g/mol. The van der Waals surface area contributed by atoms with Gasteiger partial charge in [0, 0.05) is 13.3 Å². The second-order valence-electron chi connectivity index (χ2n) is 1.89. The van der Waals surface area contributed by atoms with Crippen LogP contribution in [0, 0.1) is 0 Å². The number of hydrogen-bond donors (Lipinski definition) is 1. The topological polar surface area (TPSA) is 67.8 Å². The lowest BCUT2D eigenvalue weighted by Crippen LogP contribution is -2.08. The molecule has 4 heteroatoms. The van der Waals surface area contributed by atoms with Gasteiger partial charge in [0.2, 0.25) is 0 Å². The Balaban J connectivity index is 3.98. The fourth-order valence-corrected chi connectivity index (χ4v) is 0.529. The van der Waals surface area contributed by atoms with Gasteiger partial charge in [-0.05, 0) is 6.92 Å². The van der Waals surface area contributed by atoms with Gasteiger partial charge in [-0.2, -0.15) is 5.10 Å². The highest BCUT2D eigenvalue weighted by molar-refractivity contribution is 6.34. The molecule has 0 aromatic heterocycles. The lowest BCUT2D eigenvalue weighted by molar-refractivity contribution is -0.115. The zero-order chi connectivity index (χ0) is 7.98. The molecule has 0 saturated carbocycles. The fourth-order valence-electron chi connectivity index (χ4n) is 0.529. The van der Waals surface area contributed by atoms with E-state index in [0.29, 0.717) is 5.71 Å². The van der Waals surface area contributed by atoms with Crippen molar-refractivity contribution < 1.29 is 4.79 Å². The molecule has 0 radical (unpaired) electrons. The van der Waals surface area contributed by atoms with Gasteiger partial charge in [0.15, 0.2) is 0 Å². The van der Waals surface area contributed by atoms with Crippen molar-refractivity contribution in [3.63, 3.8) is 0 Å². The Labute approximate surface area is 59.8 Å². The molecule has 0 saturated heterocycles. The van der Waals surface area contributed by atoms with Gasteiger partial charge < -0.3 is 5.84 Å². The Kier molecular flexibility index (Phi) is 4.11. The molecule has 0 aliphatic rings. The number of rotatable bonds is 3. The summed E-state index contributed by atoms with van der Waals surface area (Å²) in [6, 6.07) is 0. The van der Waals surface area contributed by atoms with Crippen LogP contribution in [0.2, 0.25) is 0 Å². The molecule has 0 aliphatic heterocycles. The van der Waals surface area contributed by atoms with E-state index < -0.39 is 0 Å². The quantitative estimate of drug-likeness (QED) is 0.341. The van der Waals surface area contributed by atoms with Crippen molar-refractivity contribution in [3.05, 3.63) is 0 Å². The summed E-state index contributed by atoms with van der Waals surface area (Å²) in [7, 11) is 1.60. The van der Waals surface area contributed by atoms with E-state index in [4.69, 9.17) is 5.84 Å². The Hall–Kier alpha value is -1.19. The molecule has 0 rings (SSSR count). The molecule has 0 unspecified atom stereocenters. The maximum atomic E-state index is 10.5. The van der Waals surface area contributed by atoms with Gasteiger partial charge >= 0.3 is 0 Å². The standard InChI is InChI=1S/C6H11N3O/c1-5(10)3-6(9-7)4-8-2/h4H,3,7H2,1-2H3/b8-4?,9-6-. The molecule has 2 N–H and O–H groups in total. The number of hydrogen-bond acceptors (Lipinski definition) is 4. The van der Waals surface area contributed by atoms with Crippen molar-refractivity contribution in [2.24, 2.45) is 15.9 Å². The molecular weight excluding hydrogens is 130 g/mol. The first kappa shape index (κ1) is 8.81. The maximum absolute atomic E-state index is 10.5. The molecule has 0 fully saturated rings. The van der Waals surface area contributed by atoms with Gasteiger partial charge in [-0.1, -0.05) is 0 Å². The van der Waals surface area contributed by atoms with Crippen LogP contribution in [0.25, 0.3) is 0 Å². The van der Waals surface area contributed by atoms with Gasteiger partial charge in [-0.15, -0.1) is 0 Å². The molecule has 0 aromatic carbocycles. The zero-order valence-corrected chi connectivity index (χ0v) is 6.16. The number of nitrogens with two attached hydrogens (primary N) is 1. The van der Waals surface area contributed by atoms with Crippen molar-refractivity contribution in [2.75, 3.05) is 7.05 Å². The maximum Gasteiger partial charge on any atom is 0.135 e. The van der Waals surface area contributed by atoms with E-state index in [1.165, 1.54) is 13.1 Å². The van der Waals surface area contributed by atoms with Crippen LogP contribution in [-0.2, 0) is 4.79 Å². The van der Waals surface area contributed by atoms with Crippen LogP contribution in [0.4, 0.5) is 0 Å². The first-order valence-corrected chi connectivity index (χ1v) is 2.89. The monoisotopic (exact) mass is 141 g/mol. The SMILES string of the molecule is CN=C/C(CC(C)=O)=N\N. The van der Waals surface area contributed by atoms with Crippen molar-refractivity contribution >= 4 is 17.7 Å². The van der Waals surface area contributed by atoms with Crippen molar-refractivity contribution in [1.29, 1.82) is 0 Å². The van der Waals surface area contributed by atoms with E-state index in [-0.39, 0.29) is 12.2 Å². The molecule has 0 heterocycles.